The van der Waals surface area contributed by atoms with Crippen molar-refractivity contribution < 1.29 is 0 Å². The van der Waals surface area contributed by atoms with Crippen molar-refractivity contribution in [3.63, 3.8) is 0 Å². The Hall–Kier alpha value is -0.860. The van der Waals surface area contributed by atoms with Crippen LogP contribution in [0.4, 0.5) is 0 Å². The molecular weight excluding hydrogens is 256 g/mol. The minimum Gasteiger partial charge on any atom is -0.322 e. The van der Waals surface area contributed by atoms with E-state index in [1.54, 1.807) is 0 Å². The quantitative estimate of drug-likeness (QED) is 0.898. The summed E-state index contributed by atoms with van der Waals surface area (Å²) in [6.07, 6.45) is 8.13. The summed E-state index contributed by atoms with van der Waals surface area (Å²) in [5, 5.41) is 0. The Bertz CT molecular complexity index is 453. The molecule has 0 radical (unpaired) electrons. The summed E-state index contributed by atoms with van der Waals surface area (Å²) in [6, 6.07) is 9.25. The fraction of sp³-hybridized carbons (Fsp3) is 0.684. The van der Waals surface area contributed by atoms with E-state index in [2.05, 4.69) is 43.0 Å². The SMILES string of the molecule is CC(C)(C(N)c1ccc(C2CCC2)cc1)N1CCCCC1. The van der Waals surface area contributed by atoms with Crippen LogP contribution in [0.2, 0.25) is 0 Å². The van der Waals surface area contributed by atoms with E-state index >= 15 is 0 Å². The van der Waals surface area contributed by atoms with Crippen LogP contribution in [-0.2, 0) is 0 Å². The molecule has 3 rings (SSSR count). The Morgan fingerprint density at radius 1 is 1.00 bits per heavy atom. The summed E-state index contributed by atoms with van der Waals surface area (Å²) in [5.74, 6) is 0.811. The third kappa shape index (κ3) is 3.02. The first-order valence-electron chi connectivity index (χ1n) is 8.69. The lowest BCUT2D eigenvalue weighted by atomic mass is 9.79. The predicted molar refractivity (Wildman–Crippen MR) is 89.5 cm³/mol. The van der Waals surface area contributed by atoms with Gasteiger partial charge in [-0.05, 0) is 69.7 Å². The van der Waals surface area contributed by atoms with Crippen LogP contribution in [-0.4, -0.2) is 23.5 Å². The average molecular weight is 286 g/mol. The van der Waals surface area contributed by atoms with Gasteiger partial charge in [0.1, 0.15) is 0 Å². The molecule has 21 heavy (non-hydrogen) atoms. The van der Waals surface area contributed by atoms with E-state index in [1.165, 1.54) is 62.7 Å². The Kier molecular flexibility index (Phi) is 4.37. The van der Waals surface area contributed by atoms with Crippen molar-refractivity contribution in [3.8, 4) is 0 Å². The van der Waals surface area contributed by atoms with Crippen molar-refractivity contribution in [1.82, 2.24) is 4.90 Å². The predicted octanol–water partition coefficient (Wildman–Crippen LogP) is 4.22. The fourth-order valence-electron chi connectivity index (χ4n) is 3.79. The topological polar surface area (TPSA) is 29.3 Å². The molecule has 1 saturated heterocycles. The van der Waals surface area contributed by atoms with Gasteiger partial charge < -0.3 is 5.73 Å². The third-order valence-electron chi connectivity index (χ3n) is 5.80. The molecule has 1 saturated carbocycles. The zero-order valence-electron chi connectivity index (χ0n) is 13.6. The summed E-state index contributed by atoms with van der Waals surface area (Å²) >= 11 is 0. The summed E-state index contributed by atoms with van der Waals surface area (Å²) in [5.41, 5.74) is 9.47. The molecule has 1 unspecified atom stereocenters. The molecule has 2 N–H and O–H groups in total. The summed E-state index contributed by atoms with van der Waals surface area (Å²) in [6.45, 7) is 7.01. The number of rotatable bonds is 4. The fourth-order valence-corrected chi connectivity index (χ4v) is 3.79. The molecule has 116 valence electrons. The summed E-state index contributed by atoms with van der Waals surface area (Å²) in [7, 11) is 0. The minimum absolute atomic E-state index is 0.0401. The zero-order valence-corrected chi connectivity index (χ0v) is 13.6. The highest BCUT2D eigenvalue weighted by molar-refractivity contribution is 5.30. The molecule has 0 bridgehead atoms. The molecule has 1 heterocycles. The van der Waals surface area contributed by atoms with Crippen LogP contribution >= 0.6 is 0 Å². The molecule has 2 nitrogen and oxygen atoms in total. The van der Waals surface area contributed by atoms with Crippen LogP contribution in [0.3, 0.4) is 0 Å². The van der Waals surface area contributed by atoms with Crippen LogP contribution < -0.4 is 5.73 Å². The van der Waals surface area contributed by atoms with Gasteiger partial charge in [0, 0.05) is 11.6 Å². The first kappa shape index (κ1) is 15.1. The highest BCUT2D eigenvalue weighted by atomic mass is 15.2. The van der Waals surface area contributed by atoms with E-state index < -0.39 is 0 Å². The van der Waals surface area contributed by atoms with Crippen LogP contribution in [0.1, 0.15) is 75.5 Å². The Morgan fingerprint density at radius 3 is 2.14 bits per heavy atom. The van der Waals surface area contributed by atoms with Crippen molar-refractivity contribution in [3.05, 3.63) is 35.4 Å². The summed E-state index contributed by atoms with van der Waals surface area (Å²) in [4.78, 5) is 2.58. The van der Waals surface area contributed by atoms with Crippen molar-refractivity contribution in [1.29, 1.82) is 0 Å². The Morgan fingerprint density at radius 2 is 1.62 bits per heavy atom. The van der Waals surface area contributed by atoms with E-state index in [4.69, 9.17) is 5.73 Å². The van der Waals surface area contributed by atoms with Gasteiger partial charge in [0.05, 0.1) is 0 Å². The molecule has 1 aromatic carbocycles. The molecule has 2 heteroatoms. The number of likely N-dealkylation sites (tertiary alicyclic amines) is 1. The minimum atomic E-state index is 0.0401. The number of hydrogen-bond donors (Lipinski definition) is 1. The molecule has 0 aromatic heterocycles. The first-order chi connectivity index (χ1) is 10.1. The van der Waals surface area contributed by atoms with E-state index in [9.17, 15) is 0 Å². The Balaban J connectivity index is 1.71. The number of benzene rings is 1. The average Bonchev–Trinajstić information content (AvgIpc) is 2.46. The van der Waals surface area contributed by atoms with Gasteiger partial charge in [-0.15, -0.1) is 0 Å². The van der Waals surface area contributed by atoms with Crippen LogP contribution in [0.15, 0.2) is 24.3 Å². The molecule has 2 aliphatic rings. The number of nitrogens with zero attached hydrogens (tertiary/aromatic N) is 1. The van der Waals surface area contributed by atoms with Gasteiger partial charge in [-0.2, -0.15) is 0 Å². The van der Waals surface area contributed by atoms with E-state index in [0.717, 1.165) is 5.92 Å². The largest absolute Gasteiger partial charge is 0.322 e. The molecule has 0 spiro atoms. The second kappa shape index (κ2) is 6.10. The normalized spacial score (nSPS) is 22.8. The highest BCUT2D eigenvalue weighted by Gasteiger charge is 2.34. The van der Waals surface area contributed by atoms with Crippen molar-refractivity contribution >= 4 is 0 Å². The molecule has 2 fully saturated rings. The maximum absolute atomic E-state index is 6.63. The molecule has 1 aromatic rings. The van der Waals surface area contributed by atoms with Gasteiger partial charge in [-0.3, -0.25) is 4.90 Å². The van der Waals surface area contributed by atoms with Gasteiger partial charge >= 0.3 is 0 Å². The second-order valence-corrected chi connectivity index (χ2v) is 7.47. The first-order valence-corrected chi connectivity index (χ1v) is 8.69. The third-order valence-corrected chi connectivity index (χ3v) is 5.80. The standard InChI is InChI=1S/C19H30N2/c1-19(2,21-13-4-3-5-14-21)18(20)17-11-9-16(10-12-17)15-7-6-8-15/h9-12,15,18H,3-8,13-14,20H2,1-2H3. The van der Waals surface area contributed by atoms with Crippen molar-refractivity contribution in [2.75, 3.05) is 13.1 Å². The Labute approximate surface area is 129 Å². The van der Waals surface area contributed by atoms with Gasteiger partial charge in [0.25, 0.3) is 0 Å². The summed E-state index contributed by atoms with van der Waals surface area (Å²) < 4.78 is 0. The second-order valence-electron chi connectivity index (χ2n) is 7.47. The lowest BCUT2D eigenvalue weighted by molar-refractivity contribution is 0.0730. The monoisotopic (exact) mass is 286 g/mol. The van der Waals surface area contributed by atoms with Crippen molar-refractivity contribution in [2.45, 2.75) is 69.9 Å². The smallest absolute Gasteiger partial charge is 0.0476 e. The van der Waals surface area contributed by atoms with Gasteiger partial charge in [-0.1, -0.05) is 37.1 Å². The molecule has 0 amide bonds. The number of hydrogen-bond acceptors (Lipinski definition) is 2. The lowest BCUT2D eigenvalue weighted by Crippen LogP contribution is -2.53. The molecule has 1 aliphatic carbocycles. The number of piperidine rings is 1. The number of nitrogens with two attached hydrogens (primary N) is 1. The van der Waals surface area contributed by atoms with E-state index in [0.29, 0.717) is 0 Å². The highest BCUT2D eigenvalue weighted by Crippen LogP contribution is 2.37. The molecule has 1 aliphatic heterocycles. The van der Waals surface area contributed by atoms with Crippen LogP contribution in [0, 0.1) is 0 Å². The lowest BCUT2D eigenvalue weighted by Gasteiger charge is -2.45. The van der Waals surface area contributed by atoms with Gasteiger partial charge in [0.15, 0.2) is 0 Å². The van der Waals surface area contributed by atoms with Gasteiger partial charge in [-0.25, -0.2) is 0 Å². The van der Waals surface area contributed by atoms with Crippen LogP contribution in [0.25, 0.3) is 0 Å². The maximum atomic E-state index is 6.63. The van der Waals surface area contributed by atoms with Crippen LogP contribution in [0.5, 0.6) is 0 Å². The maximum Gasteiger partial charge on any atom is 0.0476 e. The van der Waals surface area contributed by atoms with E-state index in [-0.39, 0.29) is 11.6 Å². The van der Waals surface area contributed by atoms with Crippen molar-refractivity contribution in [2.24, 2.45) is 5.73 Å². The van der Waals surface area contributed by atoms with Gasteiger partial charge in [0.2, 0.25) is 0 Å². The zero-order chi connectivity index (χ0) is 14.9. The molecular formula is C19H30N2. The van der Waals surface area contributed by atoms with E-state index in [1.807, 2.05) is 0 Å². The molecule has 1 atom stereocenters.